The lowest BCUT2D eigenvalue weighted by Crippen LogP contribution is -2.53. The first kappa shape index (κ1) is 15.1. The predicted octanol–water partition coefficient (Wildman–Crippen LogP) is 0.592. The summed E-state index contributed by atoms with van der Waals surface area (Å²) in [6.45, 7) is 0. The van der Waals surface area contributed by atoms with Gasteiger partial charge in [-0.3, -0.25) is 9.59 Å². The molecule has 6 unspecified atom stereocenters. The van der Waals surface area contributed by atoms with Gasteiger partial charge in [-0.1, -0.05) is 0 Å². The molecule has 0 N–H and O–H groups in total. The van der Waals surface area contributed by atoms with Crippen LogP contribution in [0.1, 0.15) is 0 Å². The maximum atomic E-state index is 13.7. The van der Waals surface area contributed by atoms with Crippen molar-refractivity contribution in [1.82, 2.24) is 0 Å². The van der Waals surface area contributed by atoms with Gasteiger partial charge in [0.25, 0.3) is 0 Å². The molecule has 6 heteroatoms. The molecule has 6 aliphatic rings. The quantitative estimate of drug-likeness (QED) is 0.540. The highest BCUT2D eigenvalue weighted by molar-refractivity contribution is 6.03. The van der Waals surface area contributed by atoms with Crippen LogP contribution in [0.25, 0.3) is 0 Å². The Kier molecular flexibility index (Phi) is 2.31. The van der Waals surface area contributed by atoms with Crippen molar-refractivity contribution >= 4 is 11.6 Å². The fourth-order valence-electron chi connectivity index (χ4n) is 10.3. The largest absolute Gasteiger partial charge is 0.353 e. The average Bonchev–Trinajstić information content (AvgIpc) is 3.27. The van der Waals surface area contributed by atoms with Gasteiger partial charge in [-0.2, -0.15) is 0 Å². The SMILES string of the molecule is COC1(OC)C2C3C4C5C3[C@@H]1[C@@H]1C(=O)[C@H]3[C@H](C(=O)[C@@H]21)C4C(OC)(OC)[C@@H]53. The summed E-state index contributed by atoms with van der Waals surface area (Å²) in [6, 6.07) is 0. The standard InChI is InChI=1S/C20H24O6/c1-23-19(24-2)13-5-6-8-7(5)15-11-12(16(8)20(15,25-3)26-4)18(22)10(14(6)19)9(13)17(11)21/h5-16H,1-4H3/t5?,6?,7?,8?,9-,10-,11+,12+,13-,14?,15+,16?. The van der Waals surface area contributed by atoms with Crippen LogP contribution in [0.2, 0.25) is 0 Å². The van der Waals surface area contributed by atoms with Crippen LogP contribution < -0.4 is 0 Å². The van der Waals surface area contributed by atoms with E-state index in [1.807, 2.05) is 0 Å². The minimum atomic E-state index is -0.771. The maximum Gasteiger partial charge on any atom is 0.175 e. The number of hydrogen-bond acceptors (Lipinski definition) is 6. The van der Waals surface area contributed by atoms with Crippen LogP contribution in [0.5, 0.6) is 0 Å². The third-order valence-corrected chi connectivity index (χ3v) is 10.2. The average molecular weight is 360 g/mol. The Bertz CT molecular complexity index is 644. The molecule has 4 bridgehead atoms. The van der Waals surface area contributed by atoms with Crippen LogP contribution >= 0.6 is 0 Å². The van der Waals surface area contributed by atoms with Gasteiger partial charge in [0, 0.05) is 75.8 Å². The first-order chi connectivity index (χ1) is 12.6. The Hall–Kier alpha value is -0.820. The van der Waals surface area contributed by atoms with Crippen molar-refractivity contribution < 1.29 is 28.5 Å². The lowest BCUT2D eigenvalue weighted by molar-refractivity contribution is -0.248. The van der Waals surface area contributed by atoms with E-state index in [4.69, 9.17) is 18.9 Å². The van der Waals surface area contributed by atoms with Crippen molar-refractivity contribution in [3.05, 3.63) is 0 Å². The molecule has 0 aromatic heterocycles. The molecule has 6 aliphatic carbocycles. The van der Waals surface area contributed by atoms with E-state index in [1.165, 1.54) is 0 Å². The van der Waals surface area contributed by atoms with Crippen molar-refractivity contribution in [3.63, 3.8) is 0 Å². The second-order valence-corrected chi connectivity index (χ2v) is 9.58. The van der Waals surface area contributed by atoms with Crippen LogP contribution in [0.15, 0.2) is 0 Å². The van der Waals surface area contributed by atoms with Crippen molar-refractivity contribution in [2.75, 3.05) is 28.4 Å². The molecule has 0 aliphatic heterocycles. The minimum Gasteiger partial charge on any atom is -0.353 e. The smallest absolute Gasteiger partial charge is 0.175 e. The highest BCUT2D eigenvalue weighted by atomic mass is 16.7. The van der Waals surface area contributed by atoms with Gasteiger partial charge < -0.3 is 18.9 Å². The Morgan fingerprint density at radius 2 is 0.769 bits per heavy atom. The summed E-state index contributed by atoms with van der Waals surface area (Å²) in [4.78, 5) is 27.4. The zero-order valence-electron chi connectivity index (χ0n) is 15.4. The maximum absolute atomic E-state index is 13.7. The van der Waals surface area contributed by atoms with Crippen molar-refractivity contribution in [2.24, 2.45) is 71.0 Å². The molecule has 0 radical (unpaired) electrons. The van der Waals surface area contributed by atoms with E-state index in [9.17, 15) is 9.59 Å². The number of methoxy groups -OCH3 is 4. The first-order valence-corrected chi connectivity index (χ1v) is 9.83. The molecule has 6 saturated carbocycles. The van der Waals surface area contributed by atoms with E-state index in [1.54, 1.807) is 28.4 Å². The van der Waals surface area contributed by atoms with Crippen LogP contribution in [0.4, 0.5) is 0 Å². The highest BCUT2D eigenvalue weighted by Crippen LogP contribution is 2.88. The molecule has 6 rings (SSSR count). The van der Waals surface area contributed by atoms with E-state index in [0.29, 0.717) is 23.7 Å². The number of ether oxygens (including phenoxy) is 4. The van der Waals surface area contributed by atoms with E-state index >= 15 is 0 Å². The number of Topliss-reactive ketones (excluding diaryl/α,β-unsaturated/α-hetero) is 2. The molecular formula is C20H24O6. The van der Waals surface area contributed by atoms with Gasteiger partial charge in [0.1, 0.15) is 11.6 Å². The summed E-state index contributed by atoms with van der Waals surface area (Å²) >= 11 is 0. The third kappa shape index (κ3) is 0.993. The highest BCUT2D eigenvalue weighted by Gasteiger charge is 2.94. The van der Waals surface area contributed by atoms with E-state index in [-0.39, 0.29) is 58.9 Å². The van der Waals surface area contributed by atoms with Gasteiger partial charge in [-0.15, -0.1) is 0 Å². The number of fused-ring (bicyclic) bond motifs is 18. The zero-order valence-corrected chi connectivity index (χ0v) is 15.4. The van der Waals surface area contributed by atoms with E-state index < -0.39 is 11.6 Å². The zero-order chi connectivity index (χ0) is 17.9. The molecule has 0 amide bonds. The lowest BCUT2D eigenvalue weighted by atomic mass is 9.48. The Labute approximate surface area is 151 Å². The minimum absolute atomic E-state index is 0.00640. The fourth-order valence-corrected chi connectivity index (χ4v) is 10.3. The topological polar surface area (TPSA) is 71.1 Å². The molecule has 0 aromatic carbocycles. The number of carbonyl (C=O) groups is 2. The van der Waals surface area contributed by atoms with Crippen LogP contribution in [0, 0.1) is 71.0 Å². The van der Waals surface area contributed by atoms with Gasteiger partial charge >= 0.3 is 0 Å². The third-order valence-electron chi connectivity index (χ3n) is 10.2. The molecule has 6 nitrogen and oxygen atoms in total. The van der Waals surface area contributed by atoms with Crippen LogP contribution in [-0.4, -0.2) is 51.6 Å². The molecule has 0 aromatic rings. The first-order valence-electron chi connectivity index (χ1n) is 9.83. The van der Waals surface area contributed by atoms with Gasteiger partial charge in [0.2, 0.25) is 0 Å². The molecule has 0 heterocycles. The summed E-state index contributed by atoms with van der Waals surface area (Å²) in [5.74, 6) is -0.324. The van der Waals surface area contributed by atoms with Crippen molar-refractivity contribution in [2.45, 2.75) is 11.6 Å². The molecule has 0 saturated heterocycles. The summed E-state index contributed by atoms with van der Waals surface area (Å²) in [5, 5.41) is 0. The summed E-state index contributed by atoms with van der Waals surface area (Å²) in [7, 11) is 6.74. The van der Waals surface area contributed by atoms with Gasteiger partial charge in [-0.05, 0) is 23.7 Å². The van der Waals surface area contributed by atoms with Gasteiger partial charge in [0.05, 0.1) is 0 Å². The second-order valence-electron chi connectivity index (χ2n) is 9.58. The van der Waals surface area contributed by atoms with Gasteiger partial charge in [-0.25, -0.2) is 0 Å². The molecule has 0 spiro atoms. The monoisotopic (exact) mass is 360 g/mol. The Morgan fingerprint density at radius 1 is 0.538 bits per heavy atom. The van der Waals surface area contributed by atoms with Crippen molar-refractivity contribution in [1.29, 1.82) is 0 Å². The number of hydrogen-bond donors (Lipinski definition) is 0. The lowest BCUT2D eigenvalue weighted by Gasteiger charge is -2.54. The van der Waals surface area contributed by atoms with E-state index in [0.717, 1.165) is 0 Å². The molecular weight excluding hydrogens is 336 g/mol. The van der Waals surface area contributed by atoms with Crippen LogP contribution in [0.3, 0.4) is 0 Å². The molecule has 26 heavy (non-hydrogen) atoms. The summed E-state index contributed by atoms with van der Waals surface area (Å²) < 4.78 is 24.0. The van der Waals surface area contributed by atoms with Gasteiger partial charge in [0.15, 0.2) is 11.6 Å². The summed E-state index contributed by atoms with van der Waals surface area (Å²) in [6.07, 6.45) is 0. The molecule has 6 fully saturated rings. The molecule has 12 atom stereocenters. The Balaban J connectivity index is 1.55. The number of ketones is 2. The number of carbonyl (C=O) groups excluding carboxylic acids is 2. The molecule has 140 valence electrons. The predicted molar refractivity (Wildman–Crippen MR) is 85.4 cm³/mol. The fraction of sp³-hybridized carbons (Fsp3) is 0.900. The van der Waals surface area contributed by atoms with E-state index in [2.05, 4.69) is 0 Å². The number of rotatable bonds is 4. The normalized spacial score (nSPS) is 62.5. The second kappa shape index (κ2) is 3.97. The van der Waals surface area contributed by atoms with Crippen molar-refractivity contribution in [3.8, 4) is 0 Å². The van der Waals surface area contributed by atoms with Crippen LogP contribution in [-0.2, 0) is 28.5 Å². The summed E-state index contributed by atoms with van der Waals surface area (Å²) in [5.41, 5.74) is 0. The Morgan fingerprint density at radius 3 is 0.962 bits per heavy atom.